The van der Waals surface area contributed by atoms with Crippen molar-refractivity contribution in [2.75, 3.05) is 4.90 Å². The molecule has 2 aromatic heterocycles. The first kappa shape index (κ1) is 33.3. The monoisotopic (exact) mass is 751 g/mol. The Morgan fingerprint density at radius 1 is 0.305 bits per heavy atom. The number of anilines is 3. The van der Waals surface area contributed by atoms with E-state index in [0.717, 1.165) is 28.4 Å². The molecule has 0 atom stereocenters. The van der Waals surface area contributed by atoms with Crippen molar-refractivity contribution < 1.29 is 0 Å². The van der Waals surface area contributed by atoms with Gasteiger partial charge >= 0.3 is 0 Å². The topological polar surface area (TPSA) is 13.1 Å². The molecule has 276 valence electrons. The molecule has 0 saturated heterocycles. The molecule has 10 aromatic carbocycles. The molecule has 3 heteroatoms. The van der Waals surface area contributed by atoms with Crippen LogP contribution in [0.4, 0.5) is 17.1 Å². The zero-order valence-electron chi connectivity index (χ0n) is 32.2. The van der Waals surface area contributed by atoms with E-state index in [2.05, 4.69) is 238 Å². The second-order valence-electron chi connectivity index (χ2n) is 15.4. The minimum absolute atomic E-state index is 1.11. The second-order valence-corrected chi connectivity index (χ2v) is 15.4. The Morgan fingerprint density at radius 3 is 1.36 bits per heavy atom. The summed E-state index contributed by atoms with van der Waals surface area (Å²) >= 11 is 0. The van der Waals surface area contributed by atoms with Crippen LogP contribution in [0.5, 0.6) is 0 Å². The van der Waals surface area contributed by atoms with Crippen molar-refractivity contribution in [1.29, 1.82) is 0 Å². The number of hydrogen-bond donors (Lipinski definition) is 0. The Balaban J connectivity index is 1.19. The highest BCUT2D eigenvalue weighted by atomic mass is 15.1. The summed E-state index contributed by atoms with van der Waals surface area (Å²) in [6.07, 6.45) is 0. The zero-order valence-corrected chi connectivity index (χ0v) is 32.2. The van der Waals surface area contributed by atoms with Gasteiger partial charge in [-0.2, -0.15) is 0 Å². The summed E-state index contributed by atoms with van der Waals surface area (Å²) in [6.45, 7) is 0. The maximum absolute atomic E-state index is 2.51. The summed E-state index contributed by atoms with van der Waals surface area (Å²) in [6, 6.07) is 81.8. The lowest BCUT2D eigenvalue weighted by atomic mass is 9.96. The van der Waals surface area contributed by atoms with Crippen molar-refractivity contribution in [3.8, 4) is 22.5 Å². The molecule has 0 fully saturated rings. The van der Waals surface area contributed by atoms with Crippen molar-refractivity contribution in [1.82, 2.24) is 9.13 Å². The molecular formula is C56H37N3. The van der Waals surface area contributed by atoms with E-state index in [-0.39, 0.29) is 0 Å². The van der Waals surface area contributed by atoms with Crippen molar-refractivity contribution >= 4 is 82.2 Å². The molecule has 0 N–H and O–H groups in total. The second kappa shape index (κ2) is 13.4. The summed E-state index contributed by atoms with van der Waals surface area (Å²) in [4.78, 5) is 2.32. The lowest BCUT2D eigenvalue weighted by Crippen LogP contribution is -2.09. The third-order valence-corrected chi connectivity index (χ3v) is 12.0. The molecular weight excluding hydrogens is 715 g/mol. The van der Waals surface area contributed by atoms with Crippen LogP contribution >= 0.6 is 0 Å². The van der Waals surface area contributed by atoms with Crippen molar-refractivity contribution in [2.45, 2.75) is 0 Å². The van der Waals surface area contributed by atoms with Crippen LogP contribution in [-0.4, -0.2) is 9.13 Å². The lowest BCUT2D eigenvalue weighted by Gasteiger charge is -2.25. The minimum Gasteiger partial charge on any atom is -0.311 e. The first-order chi connectivity index (χ1) is 29.3. The van der Waals surface area contributed by atoms with Gasteiger partial charge in [-0.15, -0.1) is 0 Å². The van der Waals surface area contributed by atoms with E-state index in [0.29, 0.717) is 0 Å². The SMILES string of the molecule is c1ccc(N(c2ccccc2)c2ccc(-c3cc4c5ccccc5n(-c5ccc6ccccc6c5)c4c4c3c3ccccc3n4-c3ccc4ccccc4c3)cc2)cc1. The molecule has 3 nitrogen and oxygen atoms in total. The van der Waals surface area contributed by atoms with Crippen LogP contribution in [-0.2, 0) is 0 Å². The number of para-hydroxylation sites is 4. The molecule has 12 rings (SSSR count). The number of hydrogen-bond acceptors (Lipinski definition) is 1. The Hall–Kier alpha value is -7.88. The molecule has 59 heavy (non-hydrogen) atoms. The largest absolute Gasteiger partial charge is 0.311 e. The summed E-state index contributed by atoms with van der Waals surface area (Å²) in [7, 11) is 0. The summed E-state index contributed by atoms with van der Waals surface area (Å²) in [5.41, 5.74) is 12.8. The van der Waals surface area contributed by atoms with E-state index in [9.17, 15) is 0 Å². The number of nitrogens with zero attached hydrogens (tertiary/aromatic N) is 3. The Kier molecular flexibility index (Phi) is 7.54. The van der Waals surface area contributed by atoms with Gasteiger partial charge in [-0.1, -0.05) is 146 Å². The van der Waals surface area contributed by atoms with Gasteiger partial charge in [-0.25, -0.2) is 0 Å². The summed E-state index contributed by atoms with van der Waals surface area (Å²) < 4.78 is 5.01. The highest BCUT2D eigenvalue weighted by Gasteiger charge is 2.25. The van der Waals surface area contributed by atoms with Gasteiger partial charge in [-0.05, 0) is 112 Å². The van der Waals surface area contributed by atoms with Crippen LogP contribution in [0.2, 0.25) is 0 Å². The number of benzene rings is 10. The van der Waals surface area contributed by atoms with Crippen LogP contribution in [0, 0.1) is 0 Å². The van der Waals surface area contributed by atoms with E-state index in [4.69, 9.17) is 0 Å². The van der Waals surface area contributed by atoms with Gasteiger partial charge in [0.15, 0.2) is 0 Å². The molecule has 0 spiro atoms. The normalized spacial score (nSPS) is 11.7. The fourth-order valence-corrected chi connectivity index (χ4v) is 9.38. The first-order valence-electron chi connectivity index (χ1n) is 20.3. The van der Waals surface area contributed by atoms with E-state index in [1.54, 1.807) is 0 Å². The fourth-order valence-electron chi connectivity index (χ4n) is 9.38. The summed E-state index contributed by atoms with van der Waals surface area (Å²) in [5.74, 6) is 0. The third-order valence-electron chi connectivity index (χ3n) is 12.0. The average molecular weight is 752 g/mol. The maximum atomic E-state index is 2.51. The van der Waals surface area contributed by atoms with E-state index < -0.39 is 0 Å². The fraction of sp³-hybridized carbons (Fsp3) is 0. The molecule has 0 amide bonds. The van der Waals surface area contributed by atoms with Crippen LogP contribution in [0.3, 0.4) is 0 Å². The smallest absolute Gasteiger partial charge is 0.0795 e. The molecule has 0 saturated carbocycles. The average Bonchev–Trinajstić information content (AvgIpc) is 3.83. The predicted octanol–water partition coefficient (Wildman–Crippen LogP) is 15.3. The van der Waals surface area contributed by atoms with Gasteiger partial charge in [0.2, 0.25) is 0 Å². The number of fused-ring (bicyclic) bond motifs is 9. The molecule has 0 unspecified atom stereocenters. The van der Waals surface area contributed by atoms with Crippen LogP contribution in [0.15, 0.2) is 224 Å². The standard InChI is InChI=1S/C56H37N3/c1-3-19-43(20-4-1)57(44-21-5-2-6-22-44)45-31-29-40(30-32-45)50-37-51-48-23-11-13-25-52(48)58(46-33-27-38-15-7-9-17-41(38)35-46)55(51)56-54(50)49-24-12-14-26-53(49)59(56)47-34-28-39-16-8-10-18-42(39)36-47/h1-37H. The van der Waals surface area contributed by atoms with Gasteiger partial charge in [0, 0.05) is 50.0 Å². The van der Waals surface area contributed by atoms with Gasteiger partial charge in [0.05, 0.1) is 22.1 Å². The highest BCUT2D eigenvalue weighted by Crippen LogP contribution is 2.47. The summed E-state index contributed by atoms with van der Waals surface area (Å²) in [5, 5.41) is 9.81. The molecule has 2 heterocycles. The lowest BCUT2D eigenvalue weighted by molar-refractivity contribution is 1.15. The third kappa shape index (κ3) is 5.29. The van der Waals surface area contributed by atoms with Crippen molar-refractivity contribution in [2.24, 2.45) is 0 Å². The number of rotatable bonds is 6. The van der Waals surface area contributed by atoms with E-state index in [1.807, 2.05) is 0 Å². The molecule has 0 aliphatic heterocycles. The minimum atomic E-state index is 1.11. The van der Waals surface area contributed by atoms with Crippen LogP contribution in [0.1, 0.15) is 0 Å². The van der Waals surface area contributed by atoms with Crippen LogP contribution < -0.4 is 4.90 Å². The van der Waals surface area contributed by atoms with Gasteiger partial charge in [0.1, 0.15) is 0 Å². The highest BCUT2D eigenvalue weighted by molar-refractivity contribution is 6.28. The number of aromatic nitrogens is 2. The molecule has 12 aromatic rings. The maximum Gasteiger partial charge on any atom is 0.0795 e. The zero-order chi connectivity index (χ0) is 38.9. The molecule has 0 aliphatic rings. The molecule has 0 radical (unpaired) electrons. The predicted molar refractivity (Wildman–Crippen MR) is 250 cm³/mol. The van der Waals surface area contributed by atoms with E-state index in [1.165, 1.54) is 76.3 Å². The Bertz CT molecular complexity index is 3500. The molecule has 0 bridgehead atoms. The van der Waals surface area contributed by atoms with Gasteiger partial charge in [0.25, 0.3) is 0 Å². The van der Waals surface area contributed by atoms with Gasteiger partial charge in [-0.3, -0.25) is 0 Å². The molecule has 0 aliphatic carbocycles. The van der Waals surface area contributed by atoms with Crippen molar-refractivity contribution in [3.63, 3.8) is 0 Å². The van der Waals surface area contributed by atoms with E-state index >= 15 is 0 Å². The van der Waals surface area contributed by atoms with Gasteiger partial charge < -0.3 is 14.0 Å². The van der Waals surface area contributed by atoms with Crippen LogP contribution in [0.25, 0.3) is 87.7 Å². The van der Waals surface area contributed by atoms with Crippen molar-refractivity contribution in [3.05, 3.63) is 224 Å². The Labute approximate surface area is 341 Å². The Morgan fingerprint density at radius 2 is 0.763 bits per heavy atom. The quantitative estimate of drug-likeness (QED) is 0.165. The first-order valence-corrected chi connectivity index (χ1v) is 20.3.